The molecule has 26 heavy (non-hydrogen) atoms. The Morgan fingerprint density at radius 3 is 2.81 bits per heavy atom. The Morgan fingerprint density at radius 1 is 1.35 bits per heavy atom. The van der Waals surface area contributed by atoms with E-state index < -0.39 is 0 Å². The highest BCUT2D eigenvalue weighted by molar-refractivity contribution is 5.79. The van der Waals surface area contributed by atoms with Crippen LogP contribution in [0.2, 0.25) is 0 Å². The molecule has 1 saturated carbocycles. The molecule has 3 rings (SSSR count). The average Bonchev–Trinajstić information content (AvgIpc) is 3.36. The van der Waals surface area contributed by atoms with Crippen molar-refractivity contribution in [3.05, 3.63) is 41.9 Å². The van der Waals surface area contributed by atoms with Gasteiger partial charge in [-0.2, -0.15) is 0 Å². The molecule has 6 heteroatoms. The van der Waals surface area contributed by atoms with Gasteiger partial charge in [-0.15, -0.1) is 0 Å². The van der Waals surface area contributed by atoms with Crippen molar-refractivity contribution in [3.63, 3.8) is 0 Å². The maximum absolute atomic E-state index is 5.84. The summed E-state index contributed by atoms with van der Waals surface area (Å²) in [7, 11) is 3.78. The number of aryl methyl sites for hydroxylation is 1. The van der Waals surface area contributed by atoms with Crippen LogP contribution in [0.1, 0.15) is 24.3 Å². The number of aromatic nitrogens is 1. The number of hydrogen-bond donors (Lipinski definition) is 1. The minimum atomic E-state index is 0.492. The molecule has 0 radical (unpaired) electrons. The fourth-order valence-electron chi connectivity index (χ4n) is 2.62. The molecule has 1 aliphatic rings. The van der Waals surface area contributed by atoms with Crippen molar-refractivity contribution in [1.29, 1.82) is 0 Å². The molecule has 1 aliphatic carbocycles. The number of nitrogens with one attached hydrogen (secondary N) is 1. The van der Waals surface area contributed by atoms with Gasteiger partial charge in [-0.3, -0.25) is 4.99 Å². The van der Waals surface area contributed by atoms with E-state index in [1.54, 1.807) is 13.2 Å². The Labute approximate surface area is 155 Å². The van der Waals surface area contributed by atoms with Crippen LogP contribution < -0.4 is 5.32 Å². The van der Waals surface area contributed by atoms with Gasteiger partial charge in [0, 0.05) is 32.8 Å². The van der Waals surface area contributed by atoms with Crippen molar-refractivity contribution in [2.45, 2.75) is 26.3 Å². The number of hydrogen-bond acceptors (Lipinski definition) is 4. The number of guanidine groups is 1. The van der Waals surface area contributed by atoms with Crippen molar-refractivity contribution >= 4 is 5.96 Å². The van der Waals surface area contributed by atoms with Crippen LogP contribution in [0.25, 0.3) is 11.3 Å². The molecule has 1 aromatic carbocycles. The first kappa shape index (κ1) is 18.5. The van der Waals surface area contributed by atoms with E-state index in [0.29, 0.717) is 19.0 Å². The van der Waals surface area contributed by atoms with Gasteiger partial charge in [-0.1, -0.05) is 29.8 Å². The third-order valence-corrected chi connectivity index (χ3v) is 4.48. The van der Waals surface area contributed by atoms with Crippen molar-refractivity contribution in [2.75, 3.05) is 33.9 Å². The van der Waals surface area contributed by atoms with Crippen LogP contribution >= 0.6 is 0 Å². The lowest BCUT2D eigenvalue weighted by Gasteiger charge is -2.21. The number of aliphatic imine (C=N–C) groups is 1. The maximum atomic E-state index is 5.84. The topological polar surface area (TPSA) is 62.9 Å². The molecule has 2 aromatic rings. The van der Waals surface area contributed by atoms with Gasteiger partial charge in [0.2, 0.25) is 5.89 Å². The monoisotopic (exact) mass is 356 g/mol. The molecule has 140 valence electrons. The van der Waals surface area contributed by atoms with Crippen LogP contribution in [0.4, 0.5) is 0 Å². The van der Waals surface area contributed by atoms with E-state index in [1.165, 1.54) is 18.4 Å². The molecule has 0 bridgehead atoms. The third kappa shape index (κ3) is 5.33. The van der Waals surface area contributed by atoms with Crippen LogP contribution in [0.3, 0.4) is 0 Å². The molecule has 6 nitrogen and oxygen atoms in total. The summed E-state index contributed by atoms with van der Waals surface area (Å²) in [5, 5.41) is 3.29. The standard InChI is InChI=1S/C20H28N4O2/c1-15-4-8-17(9-5-15)18-12-22-19(26-18)13-23-20(21-2)24(3)10-11-25-14-16-6-7-16/h4-5,8-9,12,16H,6-7,10-11,13-14H2,1-3H3,(H,21,23). The molecular formula is C20H28N4O2. The predicted octanol–water partition coefficient (Wildman–Crippen LogP) is 3.08. The zero-order chi connectivity index (χ0) is 18.4. The predicted molar refractivity (Wildman–Crippen MR) is 103 cm³/mol. The molecule has 0 unspecified atom stereocenters. The summed E-state index contributed by atoms with van der Waals surface area (Å²) in [6.07, 6.45) is 4.40. The van der Waals surface area contributed by atoms with E-state index in [9.17, 15) is 0 Å². The van der Waals surface area contributed by atoms with E-state index in [0.717, 1.165) is 36.4 Å². The minimum absolute atomic E-state index is 0.492. The van der Waals surface area contributed by atoms with E-state index in [-0.39, 0.29) is 0 Å². The number of nitrogens with zero attached hydrogens (tertiary/aromatic N) is 3. The SMILES string of the molecule is CN=C(NCc1ncc(-c2ccc(C)cc2)o1)N(C)CCOCC1CC1. The second-order valence-corrected chi connectivity index (χ2v) is 6.82. The van der Waals surface area contributed by atoms with Gasteiger partial charge in [-0.25, -0.2) is 4.98 Å². The summed E-state index contributed by atoms with van der Waals surface area (Å²) in [6.45, 7) is 4.96. The summed E-state index contributed by atoms with van der Waals surface area (Å²) >= 11 is 0. The van der Waals surface area contributed by atoms with Crippen LogP contribution in [0, 0.1) is 12.8 Å². The van der Waals surface area contributed by atoms with Crippen LogP contribution in [0.15, 0.2) is 39.9 Å². The molecule has 1 fully saturated rings. The van der Waals surface area contributed by atoms with Crippen molar-refractivity contribution in [2.24, 2.45) is 10.9 Å². The Hall–Kier alpha value is -2.34. The molecule has 0 amide bonds. The Balaban J connectivity index is 1.46. The van der Waals surface area contributed by atoms with Crippen molar-refractivity contribution < 1.29 is 9.15 Å². The highest BCUT2D eigenvalue weighted by Gasteiger charge is 2.21. The summed E-state index contributed by atoms with van der Waals surface area (Å²) in [6, 6.07) is 8.22. The summed E-state index contributed by atoms with van der Waals surface area (Å²) in [5.41, 5.74) is 2.26. The average molecular weight is 356 g/mol. The first-order valence-electron chi connectivity index (χ1n) is 9.17. The fraction of sp³-hybridized carbons (Fsp3) is 0.500. The highest BCUT2D eigenvalue weighted by Crippen LogP contribution is 2.28. The second-order valence-electron chi connectivity index (χ2n) is 6.82. The minimum Gasteiger partial charge on any atom is -0.439 e. The van der Waals surface area contributed by atoms with Gasteiger partial charge < -0.3 is 19.4 Å². The Kier molecular flexibility index (Phi) is 6.28. The number of likely N-dealkylation sites (N-methyl/N-ethyl adjacent to an activating group) is 1. The highest BCUT2D eigenvalue weighted by atomic mass is 16.5. The number of oxazole rings is 1. The Bertz CT molecular complexity index is 720. The largest absolute Gasteiger partial charge is 0.439 e. The zero-order valence-corrected chi connectivity index (χ0v) is 15.9. The molecule has 0 saturated heterocycles. The smallest absolute Gasteiger partial charge is 0.214 e. The van der Waals surface area contributed by atoms with E-state index >= 15 is 0 Å². The lowest BCUT2D eigenvalue weighted by Crippen LogP contribution is -2.40. The summed E-state index contributed by atoms with van der Waals surface area (Å²) in [4.78, 5) is 10.7. The maximum Gasteiger partial charge on any atom is 0.214 e. The van der Waals surface area contributed by atoms with Gasteiger partial charge >= 0.3 is 0 Å². The lowest BCUT2D eigenvalue weighted by atomic mass is 10.1. The van der Waals surface area contributed by atoms with Gasteiger partial charge in [0.25, 0.3) is 0 Å². The van der Waals surface area contributed by atoms with Crippen molar-refractivity contribution in [3.8, 4) is 11.3 Å². The molecule has 1 aromatic heterocycles. The van der Waals surface area contributed by atoms with Gasteiger partial charge in [-0.05, 0) is 25.7 Å². The quantitative estimate of drug-likeness (QED) is 0.447. The van der Waals surface area contributed by atoms with Gasteiger partial charge in [0.15, 0.2) is 11.7 Å². The first-order chi connectivity index (χ1) is 12.7. The fourth-order valence-corrected chi connectivity index (χ4v) is 2.62. The van der Waals surface area contributed by atoms with Crippen LogP contribution in [-0.2, 0) is 11.3 Å². The molecule has 1 heterocycles. The van der Waals surface area contributed by atoms with Gasteiger partial charge in [0.05, 0.1) is 19.3 Å². The second kappa shape index (κ2) is 8.85. The number of benzene rings is 1. The van der Waals surface area contributed by atoms with E-state index in [2.05, 4.69) is 39.2 Å². The van der Waals surface area contributed by atoms with Gasteiger partial charge in [0.1, 0.15) is 0 Å². The normalized spacial score (nSPS) is 14.5. The Morgan fingerprint density at radius 2 is 2.12 bits per heavy atom. The molecular weight excluding hydrogens is 328 g/mol. The van der Waals surface area contributed by atoms with Crippen LogP contribution in [-0.4, -0.2) is 49.7 Å². The van der Waals surface area contributed by atoms with E-state index in [1.807, 2.05) is 19.2 Å². The molecule has 0 atom stereocenters. The lowest BCUT2D eigenvalue weighted by molar-refractivity contribution is 0.115. The number of rotatable bonds is 8. The molecule has 0 spiro atoms. The third-order valence-electron chi connectivity index (χ3n) is 4.48. The molecule has 1 N–H and O–H groups in total. The molecule has 0 aliphatic heterocycles. The van der Waals surface area contributed by atoms with Crippen molar-refractivity contribution in [1.82, 2.24) is 15.2 Å². The zero-order valence-electron chi connectivity index (χ0n) is 15.9. The van der Waals surface area contributed by atoms with E-state index in [4.69, 9.17) is 9.15 Å². The van der Waals surface area contributed by atoms with Crippen LogP contribution in [0.5, 0.6) is 0 Å². The number of ether oxygens (including phenoxy) is 1. The summed E-state index contributed by atoms with van der Waals surface area (Å²) in [5.74, 6) is 3.01. The first-order valence-corrected chi connectivity index (χ1v) is 9.17. The summed E-state index contributed by atoms with van der Waals surface area (Å²) < 4.78 is 11.5.